The van der Waals surface area contributed by atoms with Gasteiger partial charge >= 0.3 is 0 Å². The van der Waals surface area contributed by atoms with Gasteiger partial charge in [-0.05, 0) is 42.9 Å². The van der Waals surface area contributed by atoms with Crippen LogP contribution in [0.3, 0.4) is 0 Å². The van der Waals surface area contributed by atoms with Crippen molar-refractivity contribution in [3.63, 3.8) is 0 Å². The molecule has 0 heterocycles. The Morgan fingerprint density at radius 1 is 0.952 bits per heavy atom. The third-order valence-electron chi connectivity index (χ3n) is 3.27. The second kappa shape index (κ2) is 7.92. The van der Waals surface area contributed by atoms with E-state index in [1.54, 1.807) is 0 Å². The monoisotopic (exact) mass is 317 g/mol. The van der Waals surface area contributed by atoms with Gasteiger partial charge in [-0.2, -0.15) is 0 Å². The summed E-state index contributed by atoms with van der Waals surface area (Å²) in [5, 5.41) is 0. The first-order valence-electron chi connectivity index (χ1n) is 7.28. The van der Waals surface area contributed by atoms with E-state index in [0.29, 0.717) is 6.54 Å². The fourth-order valence-electron chi connectivity index (χ4n) is 2.49. The average molecular weight is 318 g/mol. The van der Waals surface area contributed by atoms with E-state index in [0.717, 1.165) is 11.5 Å². The van der Waals surface area contributed by atoms with Gasteiger partial charge in [0, 0.05) is 22.1 Å². The molecule has 0 amide bonds. The molecule has 0 saturated carbocycles. The minimum absolute atomic E-state index is 0.609. The zero-order valence-electron chi connectivity index (χ0n) is 13.0. The third kappa shape index (κ3) is 4.53. The minimum atomic E-state index is 0.609. The number of thioether (sulfide) groups is 2. The molecule has 0 spiro atoms. The Morgan fingerprint density at radius 3 is 2.14 bits per heavy atom. The zero-order chi connectivity index (χ0) is 15.2. The Morgan fingerprint density at radius 2 is 1.57 bits per heavy atom. The molecule has 21 heavy (non-hydrogen) atoms. The molecule has 1 nitrogen and oxygen atoms in total. The van der Waals surface area contributed by atoms with Crippen molar-refractivity contribution in [1.82, 2.24) is 0 Å². The first kappa shape index (κ1) is 16.5. The lowest BCUT2D eigenvalue weighted by molar-refractivity contribution is 0.980. The maximum absolute atomic E-state index is 5.97. The third-order valence-corrected chi connectivity index (χ3v) is 5.42. The summed E-state index contributed by atoms with van der Waals surface area (Å²) < 4.78 is 0. The molecule has 0 fully saturated rings. The SMILES string of the molecule is CCSc1cccc(SCc2cc(C)cc(C)c2)c1CN. The second-order valence-electron chi connectivity index (χ2n) is 5.15. The molecule has 0 atom stereocenters. The molecule has 2 aromatic rings. The summed E-state index contributed by atoms with van der Waals surface area (Å²) in [6.45, 7) is 7.11. The van der Waals surface area contributed by atoms with E-state index in [-0.39, 0.29) is 0 Å². The molecule has 0 aliphatic rings. The van der Waals surface area contributed by atoms with Gasteiger partial charge in [0.2, 0.25) is 0 Å². The van der Waals surface area contributed by atoms with Gasteiger partial charge in [0.05, 0.1) is 0 Å². The summed E-state index contributed by atoms with van der Waals surface area (Å²) in [6.07, 6.45) is 0. The van der Waals surface area contributed by atoms with Crippen LogP contribution >= 0.6 is 23.5 Å². The van der Waals surface area contributed by atoms with Crippen LogP contribution in [0.2, 0.25) is 0 Å². The minimum Gasteiger partial charge on any atom is -0.326 e. The molecule has 2 rings (SSSR count). The number of benzene rings is 2. The summed E-state index contributed by atoms with van der Waals surface area (Å²) in [5.41, 5.74) is 11.3. The summed E-state index contributed by atoms with van der Waals surface area (Å²) >= 11 is 3.76. The molecule has 3 heteroatoms. The molecule has 112 valence electrons. The van der Waals surface area contributed by atoms with Gasteiger partial charge in [-0.1, -0.05) is 42.3 Å². The van der Waals surface area contributed by atoms with Crippen molar-refractivity contribution in [2.24, 2.45) is 5.73 Å². The van der Waals surface area contributed by atoms with Crippen LogP contribution in [0.25, 0.3) is 0 Å². The van der Waals surface area contributed by atoms with E-state index in [1.807, 2.05) is 23.5 Å². The number of rotatable bonds is 6. The van der Waals surface area contributed by atoms with E-state index in [2.05, 4.69) is 57.2 Å². The quantitative estimate of drug-likeness (QED) is 0.745. The lowest BCUT2D eigenvalue weighted by atomic mass is 10.1. The number of nitrogens with two attached hydrogens (primary N) is 1. The van der Waals surface area contributed by atoms with Crippen LogP contribution in [-0.4, -0.2) is 5.75 Å². The molecule has 2 N–H and O–H groups in total. The molecule has 0 bridgehead atoms. The van der Waals surface area contributed by atoms with Crippen molar-refractivity contribution >= 4 is 23.5 Å². The van der Waals surface area contributed by atoms with E-state index in [9.17, 15) is 0 Å². The highest BCUT2D eigenvalue weighted by atomic mass is 32.2. The van der Waals surface area contributed by atoms with Crippen LogP contribution in [0.15, 0.2) is 46.2 Å². The highest BCUT2D eigenvalue weighted by Crippen LogP contribution is 2.33. The van der Waals surface area contributed by atoms with E-state index < -0.39 is 0 Å². The lowest BCUT2D eigenvalue weighted by Gasteiger charge is -2.12. The summed E-state index contributed by atoms with van der Waals surface area (Å²) in [6, 6.07) is 13.3. The van der Waals surface area contributed by atoms with Crippen LogP contribution in [0.4, 0.5) is 0 Å². The molecular formula is C18H23NS2. The van der Waals surface area contributed by atoms with Gasteiger partial charge in [-0.15, -0.1) is 23.5 Å². The Kier molecular flexibility index (Phi) is 6.22. The van der Waals surface area contributed by atoms with Gasteiger partial charge in [0.15, 0.2) is 0 Å². The smallest absolute Gasteiger partial charge is 0.0232 e. The Balaban J connectivity index is 2.17. The van der Waals surface area contributed by atoms with Gasteiger partial charge in [0.1, 0.15) is 0 Å². The molecule has 2 aromatic carbocycles. The standard InChI is InChI=1S/C18H23NS2/c1-4-20-17-6-5-7-18(16(17)11-19)21-12-15-9-13(2)8-14(3)10-15/h5-10H,4,11-12,19H2,1-3H3. The van der Waals surface area contributed by atoms with Crippen LogP contribution in [0, 0.1) is 13.8 Å². The van der Waals surface area contributed by atoms with Crippen molar-refractivity contribution in [2.75, 3.05) is 5.75 Å². The summed E-state index contributed by atoms with van der Waals surface area (Å²) in [5.74, 6) is 2.08. The molecule has 0 radical (unpaired) electrons. The van der Waals surface area contributed by atoms with Crippen molar-refractivity contribution in [3.05, 3.63) is 58.7 Å². The topological polar surface area (TPSA) is 26.0 Å². The lowest BCUT2D eigenvalue weighted by Crippen LogP contribution is -2.01. The predicted molar refractivity (Wildman–Crippen MR) is 96.2 cm³/mol. The van der Waals surface area contributed by atoms with Crippen LogP contribution in [0.1, 0.15) is 29.2 Å². The van der Waals surface area contributed by atoms with Crippen LogP contribution in [-0.2, 0) is 12.3 Å². The molecule has 0 unspecified atom stereocenters. The predicted octanol–water partition coefficient (Wildman–Crippen LogP) is 5.17. The van der Waals surface area contributed by atoms with Crippen molar-refractivity contribution in [1.29, 1.82) is 0 Å². The number of hydrogen-bond acceptors (Lipinski definition) is 3. The maximum atomic E-state index is 5.97. The van der Waals surface area contributed by atoms with Gasteiger partial charge in [-0.3, -0.25) is 0 Å². The van der Waals surface area contributed by atoms with Gasteiger partial charge in [0.25, 0.3) is 0 Å². The van der Waals surface area contributed by atoms with E-state index >= 15 is 0 Å². The Labute approximate surface area is 136 Å². The molecule has 0 aromatic heterocycles. The highest BCUT2D eigenvalue weighted by molar-refractivity contribution is 7.99. The molecule has 0 saturated heterocycles. The zero-order valence-corrected chi connectivity index (χ0v) is 14.6. The second-order valence-corrected chi connectivity index (χ2v) is 7.48. The average Bonchev–Trinajstić information content (AvgIpc) is 2.44. The van der Waals surface area contributed by atoms with Gasteiger partial charge < -0.3 is 5.73 Å². The first-order valence-corrected chi connectivity index (χ1v) is 9.26. The van der Waals surface area contributed by atoms with Crippen LogP contribution in [0.5, 0.6) is 0 Å². The normalized spacial score (nSPS) is 10.9. The first-order chi connectivity index (χ1) is 10.1. The van der Waals surface area contributed by atoms with E-state index in [4.69, 9.17) is 5.73 Å². The van der Waals surface area contributed by atoms with Crippen LogP contribution < -0.4 is 5.73 Å². The highest BCUT2D eigenvalue weighted by Gasteiger charge is 2.08. The van der Waals surface area contributed by atoms with Gasteiger partial charge in [-0.25, -0.2) is 0 Å². The van der Waals surface area contributed by atoms with Crippen molar-refractivity contribution in [2.45, 2.75) is 42.9 Å². The van der Waals surface area contributed by atoms with Crippen molar-refractivity contribution in [3.8, 4) is 0 Å². The van der Waals surface area contributed by atoms with Crippen molar-refractivity contribution < 1.29 is 0 Å². The number of aryl methyl sites for hydroxylation is 2. The Hall–Kier alpha value is -0.900. The summed E-state index contributed by atoms with van der Waals surface area (Å²) in [7, 11) is 0. The largest absolute Gasteiger partial charge is 0.326 e. The fraction of sp³-hybridized carbons (Fsp3) is 0.333. The molecule has 0 aliphatic carbocycles. The number of hydrogen-bond donors (Lipinski definition) is 1. The fourth-order valence-corrected chi connectivity index (χ4v) is 4.44. The Bertz CT molecular complexity index is 588. The molecule has 0 aliphatic heterocycles. The maximum Gasteiger partial charge on any atom is 0.0232 e. The van der Waals surface area contributed by atoms with E-state index in [1.165, 1.54) is 32.0 Å². The molecular weight excluding hydrogens is 294 g/mol. The summed E-state index contributed by atoms with van der Waals surface area (Å²) in [4.78, 5) is 2.64.